The van der Waals surface area contributed by atoms with E-state index in [1.807, 2.05) is 13.0 Å². The molecule has 1 aromatic heterocycles. The van der Waals surface area contributed by atoms with E-state index in [0.717, 1.165) is 10.4 Å². The Labute approximate surface area is 127 Å². The fraction of sp³-hybridized carbons (Fsp3) is 0.250. The monoisotopic (exact) mass is 302 g/mol. The molecule has 2 rings (SSSR count). The van der Waals surface area contributed by atoms with Gasteiger partial charge in [0.05, 0.1) is 17.4 Å². The number of hydrogen-bond acceptors (Lipinski definition) is 3. The van der Waals surface area contributed by atoms with Crippen molar-refractivity contribution in [3.63, 3.8) is 0 Å². The molecular formula is C16H15FN2OS. The van der Waals surface area contributed by atoms with Crippen molar-refractivity contribution in [2.45, 2.75) is 19.4 Å². The van der Waals surface area contributed by atoms with Crippen molar-refractivity contribution < 1.29 is 9.18 Å². The number of halogens is 1. The lowest BCUT2D eigenvalue weighted by Crippen LogP contribution is -2.34. The van der Waals surface area contributed by atoms with Gasteiger partial charge in [0.15, 0.2) is 0 Å². The smallest absolute Gasteiger partial charge is 0.263 e. The quantitative estimate of drug-likeness (QED) is 0.859. The average Bonchev–Trinajstić information content (AvgIpc) is 2.96. The molecule has 0 fully saturated rings. The van der Waals surface area contributed by atoms with Crippen molar-refractivity contribution in [1.29, 1.82) is 5.26 Å². The zero-order chi connectivity index (χ0) is 15.4. The van der Waals surface area contributed by atoms with Crippen LogP contribution in [0.3, 0.4) is 0 Å². The van der Waals surface area contributed by atoms with E-state index in [1.165, 1.54) is 23.5 Å². The molecule has 0 unspecified atom stereocenters. The normalized spacial score (nSPS) is 11.7. The molecule has 1 amide bonds. The van der Waals surface area contributed by atoms with Gasteiger partial charge < -0.3 is 4.90 Å². The minimum absolute atomic E-state index is 0.101. The van der Waals surface area contributed by atoms with Crippen LogP contribution in [-0.2, 0) is 0 Å². The Hall–Kier alpha value is -2.19. The maximum absolute atomic E-state index is 12.9. The van der Waals surface area contributed by atoms with Crippen molar-refractivity contribution >= 4 is 17.2 Å². The molecule has 0 N–H and O–H groups in total. The van der Waals surface area contributed by atoms with Crippen molar-refractivity contribution in [1.82, 2.24) is 4.90 Å². The Morgan fingerprint density at radius 1 is 1.33 bits per heavy atom. The minimum atomic E-state index is -0.281. The number of hydrogen-bond donors (Lipinski definition) is 0. The Morgan fingerprint density at radius 2 is 2.00 bits per heavy atom. The lowest BCUT2D eigenvalue weighted by molar-refractivity contribution is 0.0751. The van der Waals surface area contributed by atoms with E-state index in [2.05, 4.69) is 6.07 Å². The second-order valence-electron chi connectivity index (χ2n) is 4.80. The number of nitrogens with zero attached hydrogens (tertiary/aromatic N) is 2. The number of carbonyl (C=O) groups is 1. The maximum atomic E-state index is 12.9. The second kappa shape index (κ2) is 6.51. The van der Waals surface area contributed by atoms with Crippen LogP contribution in [0.2, 0.25) is 0 Å². The largest absolute Gasteiger partial charge is 0.337 e. The number of benzene rings is 1. The van der Waals surface area contributed by atoms with E-state index in [0.29, 0.717) is 11.3 Å². The van der Waals surface area contributed by atoms with Gasteiger partial charge in [0, 0.05) is 18.0 Å². The number of nitriles is 1. The van der Waals surface area contributed by atoms with Crippen molar-refractivity contribution in [3.8, 4) is 16.5 Å². The molecule has 21 heavy (non-hydrogen) atoms. The molecule has 2 aromatic rings. The zero-order valence-corrected chi connectivity index (χ0v) is 12.7. The Kier molecular flexibility index (Phi) is 4.71. The molecular weight excluding hydrogens is 287 g/mol. The number of thiophene rings is 1. The SMILES string of the molecule is C[C@@H](CC#N)N(C)C(=O)c1ccc(-c2ccc(F)cc2)s1. The molecule has 0 radical (unpaired) electrons. The maximum Gasteiger partial charge on any atom is 0.263 e. The van der Waals surface area contributed by atoms with Crippen LogP contribution < -0.4 is 0 Å². The van der Waals surface area contributed by atoms with Crippen LogP contribution in [0.5, 0.6) is 0 Å². The van der Waals surface area contributed by atoms with Crippen molar-refractivity contribution in [2.24, 2.45) is 0 Å². The Morgan fingerprint density at radius 3 is 2.62 bits per heavy atom. The van der Waals surface area contributed by atoms with Gasteiger partial charge in [-0.25, -0.2) is 4.39 Å². The lowest BCUT2D eigenvalue weighted by Gasteiger charge is -2.22. The van der Waals surface area contributed by atoms with Crippen LogP contribution in [0.1, 0.15) is 23.0 Å². The molecule has 0 saturated carbocycles. The minimum Gasteiger partial charge on any atom is -0.337 e. The molecule has 1 atom stereocenters. The van der Waals surface area contributed by atoms with E-state index in [9.17, 15) is 9.18 Å². The van der Waals surface area contributed by atoms with Crippen LogP contribution in [0, 0.1) is 17.1 Å². The number of carbonyl (C=O) groups excluding carboxylic acids is 1. The topological polar surface area (TPSA) is 44.1 Å². The summed E-state index contributed by atoms with van der Waals surface area (Å²) in [6, 6.07) is 11.7. The van der Waals surface area contributed by atoms with Crippen LogP contribution in [0.15, 0.2) is 36.4 Å². The highest BCUT2D eigenvalue weighted by Gasteiger charge is 2.19. The highest BCUT2D eigenvalue weighted by molar-refractivity contribution is 7.17. The summed E-state index contributed by atoms with van der Waals surface area (Å²) >= 11 is 1.37. The van der Waals surface area contributed by atoms with Gasteiger partial charge in [-0.2, -0.15) is 5.26 Å². The summed E-state index contributed by atoms with van der Waals surface area (Å²) in [6.45, 7) is 1.84. The van der Waals surface area contributed by atoms with Gasteiger partial charge >= 0.3 is 0 Å². The number of rotatable bonds is 4. The van der Waals surface area contributed by atoms with Crippen LogP contribution in [-0.4, -0.2) is 23.9 Å². The van der Waals surface area contributed by atoms with Crippen LogP contribution in [0.25, 0.3) is 10.4 Å². The fourth-order valence-corrected chi connectivity index (χ4v) is 2.86. The first-order valence-electron chi connectivity index (χ1n) is 6.53. The van der Waals surface area contributed by atoms with Gasteiger partial charge in [-0.3, -0.25) is 4.79 Å². The molecule has 0 spiro atoms. The Balaban J connectivity index is 2.18. The third-order valence-electron chi connectivity index (χ3n) is 3.31. The zero-order valence-electron chi connectivity index (χ0n) is 11.8. The Bertz CT molecular complexity index is 672. The van der Waals surface area contributed by atoms with E-state index >= 15 is 0 Å². The first-order chi connectivity index (χ1) is 10.0. The molecule has 5 heteroatoms. The summed E-state index contributed by atoms with van der Waals surface area (Å²) in [6.07, 6.45) is 0.304. The summed E-state index contributed by atoms with van der Waals surface area (Å²) < 4.78 is 12.9. The molecule has 0 aliphatic rings. The van der Waals surface area contributed by atoms with E-state index in [4.69, 9.17) is 5.26 Å². The van der Waals surface area contributed by atoms with Gasteiger partial charge in [0.1, 0.15) is 5.82 Å². The predicted octanol–water partition coefficient (Wildman–Crippen LogP) is 3.93. The molecule has 1 aromatic carbocycles. The van der Waals surface area contributed by atoms with Gasteiger partial charge in [0.25, 0.3) is 5.91 Å². The van der Waals surface area contributed by atoms with Crippen molar-refractivity contribution in [2.75, 3.05) is 7.05 Å². The van der Waals surface area contributed by atoms with E-state index in [-0.39, 0.29) is 17.8 Å². The van der Waals surface area contributed by atoms with E-state index < -0.39 is 0 Å². The summed E-state index contributed by atoms with van der Waals surface area (Å²) in [5, 5.41) is 8.70. The highest BCUT2D eigenvalue weighted by Crippen LogP contribution is 2.29. The first-order valence-corrected chi connectivity index (χ1v) is 7.34. The molecule has 0 saturated heterocycles. The van der Waals surface area contributed by atoms with Crippen molar-refractivity contribution in [3.05, 3.63) is 47.1 Å². The molecule has 1 heterocycles. The summed E-state index contributed by atoms with van der Waals surface area (Å²) in [7, 11) is 1.70. The molecule has 0 aliphatic heterocycles. The van der Waals surface area contributed by atoms with E-state index in [1.54, 1.807) is 30.1 Å². The van der Waals surface area contributed by atoms with Gasteiger partial charge in [-0.15, -0.1) is 11.3 Å². The predicted molar refractivity (Wildman–Crippen MR) is 81.5 cm³/mol. The van der Waals surface area contributed by atoms with Gasteiger partial charge in [-0.05, 0) is 36.8 Å². The third-order valence-corrected chi connectivity index (χ3v) is 4.44. The molecule has 0 aliphatic carbocycles. The van der Waals surface area contributed by atoms with Crippen LogP contribution >= 0.6 is 11.3 Å². The fourth-order valence-electron chi connectivity index (χ4n) is 1.87. The third kappa shape index (κ3) is 3.47. The second-order valence-corrected chi connectivity index (χ2v) is 5.88. The highest BCUT2D eigenvalue weighted by atomic mass is 32.1. The standard InChI is InChI=1S/C16H15FN2OS/c1-11(9-10-18)19(2)16(20)15-8-7-14(21-15)12-3-5-13(17)6-4-12/h3-8,11H,9H2,1-2H3/t11-/m0/s1. The summed E-state index contributed by atoms with van der Waals surface area (Å²) in [5.74, 6) is -0.382. The number of amides is 1. The average molecular weight is 302 g/mol. The first kappa shape index (κ1) is 15.2. The summed E-state index contributed by atoms with van der Waals surface area (Å²) in [5.41, 5.74) is 0.883. The summed E-state index contributed by atoms with van der Waals surface area (Å²) in [4.78, 5) is 15.4. The van der Waals surface area contributed by atoms with Gasteiger partial charge in [-0.1, -0.05) is 12.1 Å². The molecule has 108 valence electrons. The van der Waals surface area contributed by atoms with Crippen LogP contribution in [0.4, 0.5) is 4.39 Å². The lowest BCUT2D eigenvalue weighted by atomic mass is 10.2. The molecule has 3 nitrogen and oxygen atoms in total. The molecule has 0 bridgehead atoms. The van der Waals surface area contributed by atoms with Gasteiger partial charge in [0.2, 0.25) is 0 Å².